The van der Waals surface area contributed by atoms with E-state index in [9.17, 15) is 10.1 Å². The fraction of sp³-hybridized carbons (Fsp3) is 0. The smallest absolute Gasteiger partial charge is 0.273 e. The maximum atomic E-state index is 12.1. The third-order valence-corrected chi connectivity index (χ3v) is 3.09. The van der Waals surface area contributed by atoms with Crippen LogP contribution in [0.3, 0.4) is 0 Å². The number of nitriles is 1. The summed E-state index contributed by atoms with van der Waals surface area (Å²) in [5.41, 5.74) is 2.82. The molecular weight excluding hydrogens is 250 g/mol. The van der Waals surface area contributed by atoms with Crippen LogP contribution >= 0.6 is 0 Å². The molecule has 0 aromatic heterocycles. The maximum Gasteiger partial charge on any atom is 0.273 e. The first-order chi connectivity index (χ1) is 9.79. The number of nitrogens with one attached hydrogen (secondary N) is 2. The van der Waals surface area contributed by atoms with Gasteiger partial charge in [0.15, 0.2) is 0 Å². The van der Waals surface area contributed by atoms with Crippen molar-refractivity contribution in [2.24, 2.45) is 0 Å². The highest BCUT2D eigenvalue weighted by atomic mass is 16.2. The molecule has 0 radical (unpaired) electrons. The van der Waals surface area contributed by atoms with E-state index in [4.69, 9.17) is 0 Å². The zero-order chi connectivity index (χ0) is 13.9. The van der Waals surface area contributed by atoms with Crippen molar-refractivity contribution >= 4 is 22.9 Å². The van der Waals surface area contributed by atoms with Gasteiger partial charge in [-0.2, -0.15) is 5.26 Å². The average molecular weight is 261 g/mol. The predicted molar refractivity (Wildman–Crippen MR) is 77.7 cm³/mol. The number of amides is 1. The molecule has 2 N–H and O–H groups in total. The molecule has 0 bridgehead atoms. The number of fused-ring (bicyclic) bond motifs is 1. The van der Waals surface area contributed by atoms with Crippen LogP contribution in [0, 0.1) is 11.3 Å². The van der Waals surface area contributed by atoms with Crippen molar-refractivity contribution in [3.63, 3.8) is 0 Å². The van der Waals surface area contributed by atoms with Crippen LogP contribution in [-0.2, 0) is 4.79 Å². The van der Waals surface area contributed by atoms with E-state index >= 15 is 0 Å². The summed E-state index contributed by atoms with van der Waals surface area (Å²) in [5.74, 6) is -0.302. The van der Waals surface area contributed by atoms with E-state index in [0.717, 1.165) is 5.69 Å². The fourth-order valence-corrected chi connectivity index (χ4v) is 2.12. The Hall–Kier alpha value is -3.06. The normalized spacial score (nSPS) is 15.4. The molecule has 0 saturated heterocycles. The van der Waals surface area contributed by atoms with Gasteiger partial charge in [-0.05, 0) is 17.7 Å². The highest BCUT2D eigenvalue weighted by molar-refractivity contribution is 6.16. The van der Waals surface area contributed by atoms with Gasteiger partial charge in [-0.1, -0.05) is 42.5 Å². The molecule has 1 aliphatic rings. The number of allylic oxidation sites excluding steroid dienone is 1. The summed E-state index contributed by atoms with van der Waals surface area (Å²) in [5, 5.41) is 15.2. The molecule has 2 aromatic carbocycles. The maximum absolute atomic E-state index is 12.1. The lowest BCUT2D eigenvalue weighted by molar-refractivity contribution is -0.112. The molecule has 1 amide bonds. The molecule has 20 heavy (non-hydrogen) atoms. The van der Waals surface area contributed by atoms with Crippen molar-refractivity contribution < 1.29 is 4.79 Å². The number of para-hydroxylation sites is 2. The van der Waals surface area contributed by atoms with Crippen LogP contribution < -0.4 is 10.6 Å². The summed E-state index contributed by atoms with van der Waals surface area (Å²) in [4.78, 5) is 12.1. The van der Waals surface area contributed by atoms with Crippen molar-refractivity contribution in [2.45, 2.75) is 0 Å². The number of carbonyl (C=O) groups excluding carboxylic acids is 1. The van der Waals surface area contributed by atoms with Crippen LogP contribution in [0.15, 0.2) is 60.3 Å². The molecule has 1 heterocycles. The van der Waals surface area contributed by atoms with Gasteiger partial charge >= 0.3 is 0 Å². The van der Waals surface area contributed by atoms with E-state index in [1.165, 1.54) is 0 Å². The summed E-state index contributed by atoms with van der Waals surface area (Å²) in [6, 6.07) is 18.6. The van der Waals surface area contributed by atoms with Gasteiger partial charge in [-0.15, -0.1) is 0 Å². The minimum absolute atomic E-state index is 0.275. The number of carbonyl (C=O) groups is 1. The monoisotopic (exact) mass is 261 g/mol. The fourth-order valence-electron chi connectivity index (χ4n) is 2.12. The van der Waals surface area contributed by atoms with Crippen molar-refractivity contribution in [3.8, 4) is 6.07 Å². The van der Waals surface area contributed by atoms with Gasteiger partial charge in [-0.25, -0.2) is 0 Å². The second kappa shape index (κ2) is 4.90. The lowest BCUT2D eigenvalue weighted by Gasteiger charge is -2.22. The van der Waals surface area contributed by atoms with Crippen LogP contribution in [-0.4, -0.2) is 5.91 Å². The standard InChI is InChI=1S/C16H11N3O/c17-10-12(11-6-2-1-3-7-11)15-16(20)19-14-9-5-4-8-13(14)18-15/h1-9,18H,(H,19,20)/b15-12+. The largest absolute Gasteiger partial charge is 0.348 e. The second-order valence-electron chi connectivity index (χ2n) is 4.35. The Bertz CT molecular complexity index is 742. The first kappa shape index (κ1) is 12.0. The van der Waals surface area contributed by atoms with Gasteiger partial charge in [0, 0.05) is 0 Å². The summed E-state index contributed by atoms with van der Waals surface area (Å²) in [6.07, 6.45) is 0. The molecule has 0 unspecified atom stereocenters. The third-order valence-electron chi connectivity index (χ3n) is 3.09. The van der Waals surface area contributed by atoms with Crippen LogP contribution in [0.25, 0.3) is 5.57 Å². The molecule has 3 rings (SSSR count). The first-order valence-corrected chi connectivity index (χ1v) is 6.17. The highest BCUT2D eigenvalue weighted by Gasteiger charge is 2.23. The quantitative estimate of drug-likeness (QED) is 0.612. The van der Waals surface area contributed by atoms with Crippen LogP contribution in [0.1, 0.15) is 5.56 Å². The zero-order valence-electron chi connectivity index (χ0n) is 10.6. The molecule has 2 aromatic rings. The molecule has 4 heteroatoms. The molecule has 0 saturated carbocycles. The number of benzene rings is 2. The predicted octanol–water partition coefficient (Wildman–Crippen LogP) is 2.99. The Morgan fingerprint density at radius 2 is 1.50 bits per heavy atom. The lowest BCUT2D eigenvalue weighted by atomic mass is 10.0. The molecule has 96 valence electrons. The van der Waals surface area contributed by atoms with Crippen molar-refractivity contribution in [2.75, 3.05) is 10.6 Å². The van der Waals surface area contributed by atoms with E-state index in [1.807, 2.05) is 42.5 Å². The molecule has 4 nitrogen and oxygen atoms in total. The second-order valence-corrected chi connectivity index (χ2v) is 4.35. The number of nitrogens with zero attached hydrogens (tertiary/aromatic N) is 1. The SMILES string of the molecule is N#C/C(=C1\Nc2ccccc2NC1=O)c1ccccc1. The number of anilines is 2. The Labute approximate surface area is 116 Å². The van der Waals surface area contributed by atoms with E-state index < -0.39 is 0 Å². The van der Waals surface area contributed by atoms with E-state index in [-0.39, 0.29) is 11.6 Å². The summed E-state index contributed by atoms with van der Waals surface area (Å²) in [6.45, 7) is 0. The minimum atomic E-state index is -0.302. The number of rotatable bonds is 1. The Balaban J connectivity index is 2.12. The number of hydrogen-bond acceptors (Lipinski definition) is 3. The molecule has 0 aliphatic carbocycles. The average Bonchev–Trinajstić information content (AvgIpc) is 2.49. The van der Waals surface area contributed by atoms with E-state index in [0.29, 0.717) is 16.8 Å². The van der Waals surface area contributed by atoms with Crippen molar-refractivity contribution in [1.29, 1.82) is 5.26 Å². The van der Waals surface area contributed by atoms with Gasteiger partial charge in [0.2, 0.25) is 0 Å². The molecule has 0 atom stereocenters. The summed E-state index contributed by atoms with van der Waals surface area (Å²) >= 11 is 0. The van der Waals surface area contributed by atoms with Gasteiger partial charge in [-0.3, -0.25) is 4.79 Å². The summed E-state index contributed by atoms with van der Waals surface area (Å²) in [7, 11) is 0. The van der Waals surface area contributed by atoms with Crippen molar-refractivity contribution in [1.82, 2.24) is 0 Å². The summed E-state index contributed by atoms with van der Waals surface area (Å²) < 4.78 is 0. The Morgan fingerprint density at radius 3 is 2.15 bits per heavy atom. The Morgan fingerprint density at radius 1 is 0.900 bits per heavy atom. The zero-order valence-corrected chi connectivity index (χ0v) is 10.6. The first-order valence-electron chi connectivity index (χ1n) is 6.17. The molecule has 0 fully saturated rings. The van der Waals surface area contributed by atoms with Crippen LogP contribution in [0.2, 0.25) is 0 Å². The Kier molecular flexibility index (Phi) is 2.94. The number of hydrogen-bond donors (Lipinski definition) is 2. The van der Waals surface area contributed by atoms with Gasteiger partial charge in [0.25, 0.3) is 5.91 Å². The van der Waals surface area contributed by atoms with Crippen molar-refractivity contribution in [3.05, 3.63) is 65.9 Å². The van der Waals surface area contributed by atoms with Gasteiger partial charge in [0.1, 0.15) is 11.8 Å². The third kappa shape index (κ3) is 2.02. The topological polar surface area (TPSA) is 64.9 Å². The van der Waals surface area contributed by atoms with Gasteiger partial charge in [0.05, 0.1) is 16.9 Å². The minimum Gasteiger partial charge on any atom is -0.348 e. The lowest BCUT2D eigenvalue weighted by Crippen LogP contribution is -2.26. The highest BCUT2D eigenvalue weighted by Crippen LogP contribution is 2.30. The van der Waals surface area contributed by atoms with E-state index in [2.05, 4.69) is 16.7 Å². The molecule has 0 spiro atoms. The van der Waals surface area contributed by atoms with Gasteiger partial charge < -0.3 is 10.6 Å². The van der Waals surface area contributed by atoms with Crippen LogP contribution in [0.5, 0.6) is 0 Å². The molecule has 1 aliphatic heterocycles. The van der Waals surface area contributed by atoms with Crippen LogP contribution in [0.4, 0.5) is 11.4 Å². The molecular formula is C16H11N3O. The van der Waals surface area contributed by atoms with E-state index in [1.54, 1.807) is 12.1 Å².